The standard InChI is InChI=1S/C13H26N2O/c1-6-15-9-7-8-11(15)10-14(5)12(16)13(2,3)4/h11H,6-10H2,1-5H3. The van der Waals surface area contributed by atoms with Crippen LogP contribution in [0.3, 0.4) is 0 Å². The molecule has 1 rings (SSSR count). The molecule has 0 radical (unpaired) electrons. The monoisotopic (exact) mass is 226 g/mol. The maximum atomic E-state index is 12.1. The molecule has 0 spiro atoms. The summed E-state index contributed by atoms with van der Waals surface area (Å²) in [6.07, 6.45) is 2.51. The third kappa shape index (κ3) is 3.21. The topological polar surface area (TPSA) is 23.6 Å². The molecule has 94 valence electrons. The first-order valence-electron chi connectivity index (χ1n) is 6.36. The molecule has 0 saturated carbocycles. The van der Waals surface area contributed by atoms with E-state index in [0.717, 1.165) is 13.1 Å². The molecule has 1 aliphatic rings. The fraction of sp³-hybridized carbons (Fsp3) is 0.923. The first kappa shape index (κ1) is 13.5. The summed E-state index contributed by atoms with van der Waals surface area (Å²) < 4.78 is 0. The average Bonchev–Trinajstić information content (AvgIpc) is 2.62. The molecular formula is C13H26N2O. The summed E-state index contributed by atoms with van der Waals surface area (Å²) in [6.45, 7) is 11.3. The molecule has 1 atom stereocenters. The van der Waals surface area contributed by atoms with Crippen molar-refractivity contribution in [2.75, 3.05) is 26.7 Å². The Balaban J connectivity index is 2.51. The van der Waals surface area contributed by atoms with Gasteiger partial charge in [0.1, 0.15) is 0 Å². The van der Waals surface area contributed by atoms with Crippen LogP contribution in [0.4, 0.5) is 0 Å². The lowest BCUT2D eigenvalue weighted by molar-refractivity contribution is -0.138. The zero-order valence-electron chi connectivity index (χ0n) is 11.4. The average molecular weight is 226 g/mol. The van der Waals surface area contributed by atoms with E-state index in [0.29, 0.717) is 6.04 Å². The third-order valence-electron chi connectivity index (χ3n) is 3.38. The zero-order chi connectivity index (χ0) is 12.3. The van der Waals surface area contributed by atoms with E-state index in [4.69, 9.17) is 0 Å². The Morgan fingerprint density at radius 1 is 1.44 bits per heavy atom. The molecule has 0 aromatic carbocycles. The quantitative estimate of drug-likeness (QED) is 0.734. The number of amides is 1. The van der Waals surface area contributed by atoms with Crippen molar-refractivity contribution in [3.05, 3.63) is 0 Å². The number of rotatable bonds is 3. The van der Waals surface area contributed by atoms with E-state index in [1.807, 2.05) is 32.7 Å². The van der Waals surface area contributed by atoms with Crippen molar-refractivity contribution in [1.29, 1.82) is 0 Å². The number of carbonyl (C=O) groups excluding carboxylic acids is 1. The molecule has 0 N–H and O–H groups in total. The van der Waals surface area contributed by atoms with Crippen LogP contribution in [0.15, 0.2) is 0 Å². The minimum absolute atomic E-state index is 0.246. The molecule has 1 saturated heterocycles. The minimum atomic E-state index is -0.260. The van der Waals surface area contributed by atoms with Crippen LogP contribution in [0.5, 0.6) is 0 Å². The lowest BCUT2D eigenvalue weighted by Gasteiger charge is -2.31. The summed E-state index contributed by atoms with van der Waals surface area (Å²) in [5.41, 5.74) is -0.260. The largest absolute Gasteiger partial charge is 0.344 e. The van der Waals surface area contributed by atoms with E-state index in [2.05, 4.69) is 11.8 Å². The summed E-state index contributed by atoms with van der Waals surface area (Å²) in [5, 5.41) is 0. The first-order chi connectivity index (χ1) is 7.36. The lowest BCUT2D eigenvalue weighted by atomic mass is 9.94. The van der Waals surface area contributed by atoms with Crippen molar-refractivity contribution < 1.29 is 4.79 Å². The zero-order valence-corrected chi connectivity index (χ0v) is 11.4. The molecular weight excluding hydrogens is 200 g/mol. The smallest absolute Gasteiger partial charge is 0.227 e. The van der Waals surface area contributed by atoms with Gasteiger partial charge in [-0.3, -0.25) is 9.69 Å². The van der Waals surface area contributed by atoms with Crippen LogP contribution in [0.2, 0.25) is 0 Å². The predicted molar refractivity (Wildman–Crippen MR) is 67.4 cm³/mol. The molecule has 1 heterocycles. The van der Waals surface area contributed by atoms with Gasteiger partial charge in [0, 0.05) is 25.0 Å². The third-order valence-corrected chi connectivity index (χ3v) is 3.38. The lowest BCUT2D eigenvalue weighted by Crippen LogP contribution is -2.44. The minimum Gasteiger partial charge on any atom is -0.344 e. The van der Waals surface area contributed by atoms with Gasteiger partial charge in [0.2, 0.25) is 5.91 Å². The van der Waals surface area contributed by atoms with Crippen molar-refractivity contribution in [2.24, 2.45) is 5.41 Å². The highest BCUT2D eigenvalue weighted by atomic mass is 16.2. The van der Waals surface area contributed by atoms with Crippen LogP contribution in [0, 0.1) is 5.41 Å². The second-order valence-electron chi connectivity index (χ2n) is 5.86. The number of carbonyl (C=O) groups is 1. The molecule has 16 heavy (non-hydrogen) atoms. The van der Waals surface area contributed by atoms with Gasteiger partial charge in [-0.2, -0.15) is 0 Å². The number of hydrogen-bond donors (Lipinski definition) is 0. The van der Waals surface area contributed by atoms with Gasteiger partial charge in [0.05, 0.1) is 0 Å². The van der Waals surface area contributed by atoms with E-state index in [-0.39, 0.29) is 11.3 Å². The molecule has 0 aliphatic carbocycles. The maximum absolute atomic E-state index is 12.1. The van der Waals surface area contributed by atoms with Crippen LogP contribution in [0.25, 0.3) is 0 Å². The van der Waals surface area contributed by atoms with Crippen LogP contribution >= 0.6 is 0 Å². The number of likely N-dealkylation sites (N-methyl/N-ethyl adjacent to an activating group) is 2. The van der Waals surface area contributed by atoms with E-state index >= 15 is 0 Å². The van der Waals surface area contributed by atoms with Crippen molar-refractivity contribution in [3.8, 4) is 0 Å². The number of hydrogen-bond acceptors (Lipinski definition) is 2. The summed E-state index contributed by atoms with van der Waals surface area (Å²) in [5.74, 6) is 0.246. The molecule has 3 nitrogen and oxygen atoms in total. The Labute approximate surface area is 99.8 Å². The second-order valence-corrected chi connectivity index (χ2v) is 5.86. The van der Waals surface area contributed by atoms with Gasteiger partial charge >= 0.3 is 0 Å². The predicted octanol–water partition coefficient (Wildman–Crippen LogP) is 1.98. The molecule has 1 amide bonds. The summed E-state index contributed by atoms with van der Waals surface area (Å²) in [7, 11) is 1.93. The van der Waals surface area contributed by atoms with Crippen LogP contribution in [-0.2, 0) is 4.79 Å². The summed E-state index contributed by atoms with van der Waals surface area (Å²) in [6, 6.07) is 0.571. The van der Waals surface area contributed by atoms with Gasteiger partial charge in [0.15, 0.2) is 0 Å². The van der Waals surface area contributed by atoms with Crippen molar-refractivity contribution in [3.63, 3.8) is 0 Å². The first-order valence-corrected chi connectivity index (χ1v) is 6.36. The van der Waals surface area contributed by atoms with E-state index in [9.17, 15) is 4.79 Å². The summed E-state index contributed by atoms with van der Waals surface area (Å²) >= 11 is 0. The van der Waals surface area contributed by atoms with Crippen LogP contribution in [-0.4, -0.2) is 48.4 Å². The Morgan fingerprint density at radius 3 is 2.56 bits per heavy atom. The highest BCUT2D eigenvalue weighted by molar-refractivity contribution is 5.81. The Kier molecular flexibility index (Phi) is 4.36. The van der Waals surface area contributed by atoms with Gasteiger partial charge in [-0.15, -0.1) is 0 Å². The molecule has 1 aliphatic heterocycles. The highest BCUT2D eigenvalue weighted by Crippen LogP contribution is 2.21. The van der Waals surface area contributed by atoms with Crippen molar-refractivity contribution in [2.45, 2.75) is 46.6 Å². The SMILES string of the molecule is CCN1CCCC1CN(C)C(=O)C(C)(C)C. The number of likely N-dealkylation sites (tertiary alicyclic amines) is 1. The molecule has 1 unspecified atom stereocenters. The normalized spacial score (nSPS) is 22.4. The maximum Gasteiger partial charge on any atom is 0.227 e. The Morgan fingerprint density at radius 2 is 2.06 bits per heavy atom. The fourth-order valence-corrected chi connectivity index (χ4v) is 2.49. The van der Waals surface area contributed by atoms with E-state index in [1.165, 1.54) is 19.4 Å². The van der Waals surface area contributed by atoms with E-state index < -0.39 is 0 Å². The molecule has 1 fully saturated rings. The van der Waals surface area contributed by atoms with E-state index in [1.54, 1.807) is 0 Å². The molecule has 0 bridgehead atoms. The van der Waals surface area contributed by atoms with Crippen molar-refractivity contribution in [1.82, 2.24) is 9.80 Å². The van der Waals surface area contributed by atoms with Gasteiger partial charge < -0.3 is 4.90 Å². The van der Waals surface area contributed by atoms with Gasteiger partial charge in [-0.1, -0.05) is 27.7 Å². The van der Waals surface area contributed by atoms with Crippen molar-refractivity contribution >= 4 is 5.91 Å². The Bertz CT molecular complexity index is 245. The number of nitrogens with zero attached hydrogens (tertiary/aromatic N) is 2. The molecule has 3 heteroatoms. The molecule has 0 aromatic rings. The van der Waals surface area contributed by atoms with Gasteiger partial charge in [-0.25, -0.2) is 0 Å². The molecule has 0 aromatic heterocycles. The Hall–Kier alpha value is -0.570. The highest BCUT2D eigenvalue weighted by Gasteiger charge is 2.29. The van der Waals surface area contributed by atoms with Gasteiger partial charge in [-0.05, 0) is 25.9 Å². The van der Waals surface area contributed by atoms with Gasteiger partial charge in [0.25, 0.3) is 0 Å². The second kappa shape index (κ2) is 5.17. The van der Waals surface area contributed by atoms with Crippen LogP contribution in [0.1, 0.15) is 40.5 Å². The van der Waals surface area contributed by atoms with Crippen LogP contribution < -0.4 is 0 Å². The summed E-state index contributed by atoms with van der Waals surface area (Å²) in [4.78, 5) is 16.4. The fourth-order valence-electron chi connectivity index (χ4n) is 2.49.